The molecule has 1 saturated heterocycles. The van der Waals surface area contributed by atoms with E-state index in [0.717, 1.165) is 19.4 Å². The molecule has 0 spiro atoms. The first-order valence-electron chi connectivity index (χ1n) is 6.29. The molecule has 1 heterocycles. The van der Waals surface area contributed by atoms with E-state index in [0.29, 0.717) is 13.1 Å². The Hall–Kier alpha value is -1.10. The van der Waals surface area contributed by atoms with Crippen LogP contribution in [0.3, 0.4) is 0 Å². The molecule has 0 radical (unpaired) electrons. The number of hydrogen-bond donors (Lipinski definition) is 1. The maximum atomic E-state index is 11.8. The van der Waals surface area contributed by atoms with E-state index in [4.69, 9.17) is 5.73 Å². The van der Waals surface area contributed by atoms with Crippen LogP contribution in [0.4, 0.5) is 0 Å². The molecule has 98 valence electrons. The van der Waals surface area contributed by atoms with Gasteiger partial charge in [-0.2, -0.15) is 0 Å². The second-order valence-corrected chi connectivity index (χ2v) is 4.67. The third-order valence-electron chi connectivity index (χ3n) is 3.28. The van der Waals surface area contributed by atoms with Crippen molar-refractivity contribution in [3.8, 4) is 0 Å². The Balaban J connectivity index is 2.65. The second kappa shape index (κ2) is 6.00. The molecule has 0 aliphatic carbocycles. The van der Waals surface area contributed by atoms with E-state index >= 15 is 0 Å². The Morgan fingerprint density at radius 1 is 1.53 bits per heavy atom. The standard InChI is InChI=1S/C12H23N3O2/c1-4-15(10(3)16)11-6-5-7-14(8-11)12(17)9(2)13/h9,11H,4-8,13H2,1-3H3/t9-,11+/m0/s1. The van der Waals surface area contributed by atoms with Crippen molar-refractivity contribution < 1.29 is 9.59 Å². The van der Waals surface area contributed by atoms with Crippen molar-refractivity contribution in [3.05, 3.63) is 0 Å². The maximum absolute atomic E-state index is 11.8. The SMILES string of the molecule is CCN(C(C)=O)[C@@H]1CCCN(C(=O)[C@H](C)N)C1. The van der Waals surface area contributed by atoms with E-state index in [1.54, 1.807) is 18.7 Å². The van der Waals surface area contributed by atoms with E-state index in [2.05, 4.69) is 0 Å². The number of carbonyl (C=O) groups excluding carboxylic acids is 2. The first kappa shape index (κ1) is 14.0. The molecule has 2 atom stereocenters. The van der Waals surface area contributed by atoms with Crippen LogP contribution in [0.5, 0.6) is 0 Å². The largest absolute Gasteiger partial charge is 0.339 e. The van der Waals surface area contributed by atoms with Crippen LogP contribution in [0.2, 0.25) is 0 Å². The van der Waals surface area contributed by atoms with Gasteiger partial charge >= 0.3 is 0 Å². The molecule has 1 aliphatic heterocycles. The van der Waals surface area contributed by atoms with Crippen LogP contribution in [0.1, 0.15) is 33.6 Å². The summed E-state index contributed by atoms with van der Waals surface area (Å²) >= 11 is 0. The van der Waals surface area contributed by atoms with Gasteiger partial charge in [-0.1, -0.05) is 0 Å². The number of nitrogens with two attached hydrogens (primary N) is 1. The van der Waals surface area contributed by atoms with E-state index in [9.17, 15) is 9.59 Å². The molecule has 0 aromatic rings. The van der Waals surface area contributed by atoms with Crippen LogP contribution in [-0.2, 0) is 9.59 Å². The Morgan fingerprint density at radius 2 is 2.18 bits per heavy atom. The first-order chi connectivity index (χ1) is 7.97. The van der Waals surface area contributed by atoms with Crippen molar-refractivity contribution in [2.24, 2.45) is 5.73 Å². The summed E-state index contributed by atoms with van der Waals surface area (Å²) in [5.74, 6) is 0.0573. The predicted octanol–water partition coefficient (Wildman–Crippen LogP) is 0.193. The molecule has 0 saturated carbocycles. The zero-order valence-electron chi connectivity index (χ0n) is 11.0. The lowest BCUT2D eigenvalue weighted by Gasteiger charge is -2.39. The van der Waals surface area contributed by atoms with Gasteiger partial charge in [0.25, 0.3) is 0 Å². The van der Waals surface area contributed by atoms with Gasteiger partial charge in [-0.25, -0.2) is 0 Å². The molecule has 1 aliphatic rings. The van der Waals surface area contributed by atoms with Gasteiger partial charge in [0.05, 0.1) is 6.04 Å². The maximum Gasteiger partial charge on any atom is 0.239 e. The molecule has 2 amide bonds. The Morgan fingerprint density at radius 3 is 2.65 bits per heavy atom. The summed E-state index contributed by atoms with van der Waals surface area (Å²) < 4.78 is 0. The molecule has 17 heavy (non-hydrogen) atoms. The fourth-order valence-electron chi connectivity index (χ4n) is 2.44. The Labute approximate surface area is 103 Å². The van der Waals surface area contributed by atoms with Gasteiger partial charge in [0.1, 0.15) is 0 Å². The topological polar surface area (TPSA) is 66.6 Å². The van der Waals surface area contributed by atoms with Gasteiger partial charge in [0.15, 0.2) is 0 Å². The van der Waals surface area contributed by atoms with Gasteiger partial charge in [-0.3, -0.25) is 9.59 Å². The van der Waals surface area contributed by atoms with E-state index < -0.39 is 6.04 Å². The molecule has 1 fully saturated rings. The summed E-state index contributed by atoms with van der Waals surface area (Å²) in [6, 6.07) is -0.310. The number of likely N-dealkylation sites (tertiary alicyclic amines) is 1. The van der Waals surface area contributed by atoms with E-state index in [1.165, 1.54) is 0 Å². The number of likely N-dealkylation sites (N-methyl/N-ethyl adjacent to an activating group) is 1. The summed E-state index contributed by atoms with van der Waals surface area (Å²) in [5.41, 5.74) is 5.61. The number of amides is 2. The zero-order valence-corrected chi connectivity index (χ0v) is 11.0. The number of rotatable bonds is 3. The monoisotopic (exact) mass is 241 g/mol. The van der Waals surface area contributed by atoms with Crippen LogP contribution in [0, 0.1) is 0 Å². The molecule has 5 heteroatoms. The summed E-state index contributed by atoms with van der Waals surface area (Å²) in [4.78, 5) is 26.9. The molecule has 5 nitrogen and oxygen atoms in total. The van der Waals surface area contributed by atoms with Crippen molar-refractivity contribution in [3.63, 3.8) is 0 Å². The van der Waals surface area contributed by atoms with Crippen molar-refractivity contribution in [2.75, 3.05) is 19.6 Å². The molecule has 2 N–H and O–H groups in total. The number of carbonyl (C=O) groups is 2. The van der Waals surface area contributed by atoms with Crippen molar-refractivity contribution >= 4 is 11.8 Å². The quantitative estimate of drug-likeness (QED) is 0.767. The molecule has 1 rings (SSSR count). The van der Waals surface area contributed by atoms with Crippen LogP contribution >= 0.6 is 0 Å². The van der Waals surface area contributed by atoms with Crippen LogP contribution in [0.25, 0.3) is 0 Å². The summed E-state index contributed by atoms with van der Waals surface area (Å²) in [5, 5.41) is 0. The van der Waals surface area contributed by atoms with Crippen LogP contribution in [-0.4, -0.2) is 53.3 Å². The smallest absolute Gasteiger partial charge is 0.239 e. The summed E-state index contributed by atoms with van der Waals surface area (Å²) in [7, 11) is 0. The molecular weight excluding hydrogens is 218 g/mol. The lowest BCUT2D eigenvalue weighted by Crippen LogP contribution is -2.53. The molecule has 0 aromatic carbocycles. The average Bonchev–Trinajstić information content (AvgIpc) is 2.28. The number of hydrogen-bond acceptors (Lipinski definition) is 3. The minimum absolute atomic E-state index is 0.0192. The van der Waals surface area contributed by atoms with Gasteiger partial charge in [0, 0.05) is 32.6 Å². The molecule has 0 aromatic heterocycles. The molecule has 0 bridgehead atoms. The average molecular weight is 241 g/mol. The third-order valence-corrected chi connectivity index (χ3v) is 3.28. The molecular formula is C12H23N3O2. The van der Waals surface area contributed by atoms with Crippen LogP contribution in [0.15, 0.2) is 0 Å². The van der Waals surface area contributed by atoms with Crippen LogP contribution < -0.4 is 5.73 Å². The predicted molar refractivity (Wildman–Crippen MR) is 66.3 cm³/mol. The minimum Gasteiger partial charge on any atom is -0.339 e. The Bertz CT molecular complexity index is 291. The van der Waals surface area contributed by atoms with Crippen molar-refractivity contribution in [1.29, 1.82) is 0 Å². The van der Waals surface area contributed by atoms with Gasteiger partial charge in [-0.05, 0) is 26.7 Å². The highest BCUT2D eigenvalue weighted by Gasteiger charge is 2.29. The lowest BCUT2D eigenvalue weighted by atomic mass is 10.0. The minimum atomic E-state index is -0.457. The first-order valence-corrected chi connectivity index (χ1v) is 6.29. The summed E-state index contributed by atoms with van der Waals surface area (Å²) in [6.45, 7) is 7.32. The van der Waals surface area contributed by atoms with Crippen molar-refractivity contribution in [2.45, 2.75) is 45.7 Å². The highest BCUT2D eigenvalue weighted by atomic mass is 16.2. The fraction of sp³-hybridized carbons (Fsp3) is 0.833. The fourth-order valence-corrected chi connectivity index (χ4v) is 2.44. The van der Waals surface area contributed by atoms with E-state index in [1.807, 2.05) is 11.8 Å². The number of piperidine rings is 1. The van der Waals surface area contributed by atoms with E-state index in [-0.39, 0.29) is 17.9 Å². The van der Waals surface area contributed by atoms with Gasteiger partial charge in [0.2, 0.25) is 11.8 Å². The van der Waals surface area contributed by atoms with Gasteiger partial charge in [-0.15, -0.1) is 0 Å². The number of nitrogens with zero attached hydrogens (tertiary/aromatic N) is 2. The normalized spacial score (nSPS) is 22.1. The lowest BCUT2D eigenvalue weighted by molar-refractivity contribution is -0.138. The highest BCUT2D eigenvalue weighted by molar-refractivity contribution is 5.81. The Kier molecular flexibility index (Phi) is 4.93. The second-order valence-electron chi connectivity index (χ2n) is 4.67. The van der Waals surface area contributed by atoms with Gasteiger partial charge < -0.3 is 15.5 Å². The molecule has 0 unspecified atom stereocenters. The highest BCUT2D eigenvalue weighted by Crippen LogP contribution is 2.16. The summed E-state index contributed by atoms with van der Waals surface area (Å²) in [6.07, 6.45) is 1.91. The van der Waals surface area contributed by atoms with Crippen molar-refractivity contribution in [1.82, 2.24) is 9.80 Å². The zero-order chi connectivity index (χ0) is 13.0. The third kappa shape index (κ3) is 3.43.